The van der Waals surface area contributed by atoms with Crippen LogP contribution in [-0.4, -0.2) is 5.91 Å². The van der Waals surface area contributed by atoms with Crippen molar-refractivity contribution in [1.82, 2.24) is 0 Å². The summed E-state index contributed by atoms with van der Waals surface area (Å²) in [6.45, 7) is 8.17. The number of hydrogen-bond donors (Lipinski definition) is 1. The number of hydrogen-bond acceptors (Lipinski definition) is 1. The number of para-hydroxylation sites is 1. The van der Waals surface area contributed by atoms with Gasteiger partial charge in [-0.1, -0.05) is 45.9 Å². The van der Waals surface area contributed by atoms with E-state index in [-0.39, 0.29) is 17.2 Å². The van der Waals surface area contributed by atoms with E-state index < -0.39 is 0 Å². The molecular formula is C13H19NO. The van der Waals surface area contributed by atoms with Crippen molar-refractivity contribution in [3.63, 3.8) is 0 Å². The molecular weight excluding hydrogens is 186 g/mol. The zero-order valence-corrected chi connectivity index (χ0v) is 9.87. The van der Waals surface area contributed by atoms with E-state index in [1.165, 1.54) is 0 Å². The first-order valence-corrected chi connectivity index (χ1v) is 5.27. The van der Waals surface area contributed by atoms with E-state index in [1.54, 1.807) is 0 Å². The highest BCUT2D eigenvalue weighted by atomic mass is 16.1. The molecule has 0 aliphatic heterocycles. The van der Waals surface area contributed by atoms with Crippen molar-refractivity contribution >= 4 is 11.6 Å². The SMILES string of the molecule is CC(C(=O)Nc1ccccc1)C(C)(C)C. The highest BCUT2D eigenvalue weighted by molar-refractivity contribution is 5.92. The summed E-state index contributed by atoms with van der Waals surface area (Å²) in [5, 5.41) is 2.91. The van der Waals surface area contributed by atoms with Crippen LogP contribution in [0.3, 0.4) is 0 Å². The summed E-state index contributed by atoms with van der Waals surface area (Å²) in [4.78, 5) is 11.8. The lowest BCUT2D eigenvalue weighted by atomic mass is 9.81. The van der Waals surface area contributed by atoms with Crippen molar-refractivity contribution in [2.45, 2.75) is 27.7 Å². The normalized spacial score (nSPS) is 13.3. The standard InChI is InChI=1S/C13H19NO/c1-10(13(2,3)4)12(15)14-11-8-6-5-7-9-11/h5-10H,1-4H3,(H,14,15). The zero-order valence-electron chi connectivity index (χ0n) is 9.87. The molecule has 15 heavy (non-hydrogen) atoms. The van der Waals surface area contributed by atoms with Crippen LogP contribution in [0, 0.1) is 11.3 Å². The molecule has 0 radical (unpaired) electrons. The maximum absolute atomic E-state index is 11.8. The van der Waals surface area contributed by atoms with Crippen LogP contribution in [0.2, 0.25) is 0 Å². The Morgan fingerprint density at radius 2 is 1.73 bits per heavy atom. The van der Waals surface area contributed by atoms with Gasteiger partial charge in [-0.2, -0.15) is 0 Å². The highest BCUT2D eigenvalue weighted by Crippen LogP contribution is 2.26. The van der Waals surface area contributed by atoms with Gasteiger partial charge in [-0.25, -0.2) is 0 Å². The molecule has 0 aliphatic carbocycles. The average Bonchev–Trinajstić information content (AvgIpc) is 2.16. The molecule has 1 N–H and O–H groups in total. The second-order valence-corrected chi connectivity index (χ2v) is 4.94. The molecule has 1 aromatic carbocycles. The fourth-order valence-electron chi connectivity index (χ4n) is 1.17. The van der Waals surface area contributed by atoms with E-state index in [0.717, 1.165) is 5.69 Å². The first-order chi connectivity index (χ1) is 6.91. The Kier molecular flexibility index (Phi) is 3.51. The molecule has 0 aromatic heterocycles. The largest absolute Gasteiger partial charge is 0.326 e. The summed E-state index contributed by atoms with van der Waals surface area (Å²) in [5.41, 5.74) is 0.859. The predicted octanol–water partition coefficient (Wildman–Crippen LogP) is 3.31. The summed E-state index contributed by atoms with van der Waals surface area (Å²) in [6.07, 6.45) is 0. The summed E-state index contributed by atoms with van der Waals surface area (Å²) in [7, 11) is 0. The highest BCUT2D eigenvalue weighted by Gasteiger charge is 2.26. The molecule has 0 heterocycles. The molecule has 0 fully saturated rings. The smallest absolute Gasteiger partial charge is 0.227 e. The minimum absolute atomic E-state index is 0.00113. The maximum Gasteiger partial charge on any atom is 0.227 e. The van der Waals surface area contributed by atoms with Gasteiger partial charge in [-0.3, -0.25) is 4.79 Å². The van der Waals surface area contributed by atoms with Crippen LogP contribution in [0.15, 0.2) is 30.3 Å². The molecule has 1 aromatic rings. The Bertz CT molecular complexity index is 324. The number of rotatable bonds is 2. The zero-order chi connectivity index (χ0) is 11.5. The van der Waals surface area contributed by atoms with E-state index in [0.29, 0.717) is 0 Å². The number of carbonyl (C=O) groups is 1. The molecule has 0 aliphatic rings. The predicted molar refractivity (Wildman–Crippen MR) is 63.7 cm³/mol. The number of benzene rings is 1. The molecule has 1 amide bonds. The molecule has 0 saturated carbocycles. The van der Waals surface area contributed by atoms with Gasteiger partial charge in [0.15, 0.2) is 0 Å². The first-order valence-electron chi connectivity index (χ1n) is 5.27. The van der Waals surface area contributed by atoms with Crippen LogP contribution in [0.5, 0.6) is 0 Å². The second kappa shape index (κ2) is 4.47. The van der Waals surface area contributed by atoms with Gasteiger partial charge in [-0.15, -0.1) is 0 Å². The monoisotopic (exact) mass is 205 g/mol. The Hall–Kier alpha value is -1.31. The third-order valence-corrected chi connectivity index (χ3v) is 2.73. The fraction of sp³-hybridized carbons (Fsp3) is 0.462. The average molecular weight is 205 g/mol. The maximum atomic E-state index is 11.8. The van der Waals surface area contributed by atoms with E-state index in [1.807, 2.05) is 37.3 Å². The van der Waals surface area contributed by atoms with Crippen molar-refractivity contribution < 1.29 is 4.79 Å². The van der Waals surface area contributed by atoms with E-state index in [4.69, 9.17) is 0 Å². The van der Waals surface area contributed by atoms with Crippen molar-refractivity contribution in [3.8, 4) is 0 Å². The molecule has 2 heteroatoms. The summed E-state index contributed by atoms with van der Waals surface area (Å²) in [5.74, 6) is 0.0754. The summed E-state index contributed by atoms with van der Waals surface area (Å²) >= 11 is 0. The molecule has 0 saturated heterocycles. The topological polar surface area (TPSA) is 29.1 Å². The Balaban J connectivity index is 2.65. The minimum atomic E-state index is -0.00212. The molecule has 2 nitrogen and oxygen atoms in total. The number of nitrogens with one attached hydrogen (secondary N) is 1. The quantitative estimate of drug-likeness (QED) is 0.788. The lowest BCUT2D eigenvalue weighted by molar-refractivity contribution is -0.122. The van der Waals surface area contributed by atoms with Crippen LogP contribution in [0.25, 0.3) is 0 Å². The van der Waals surface area contributed by atoms with Gasteiger partial charge in [0.05, 0.1) is 0 Å². The van der Waals surface area contributed by atoms with Crippen LogP contribution >= 0.6 is 0 Å². The van der Waals surface area contributed by atoms with Crippen LogP contribution < -0.4 is 5.32 Å². The van der Waals surface area contributed by atoms with Gasteiger partial charge in [0.2, 0.25) is 5.91 Å². The van der Waals surface area contributed by atoms with Gasteiger partial charge < -0.3 is 5.32 Å². The van der Waals surface area contributed by atoms with Gasteiger partial charge in [0.1, 0.15) is 0 Å². The number of amides is 1. The van der Waals surface area contributed by atoms with Gasteiger partial charge >= 0.3 is 0 Å². The van der Waals surface area contributed by atoms with Gasteiger partial charge in [0, 0.05) is 11.6 Å². The lowest BCUT2D eigenvalue weighted by Gasteiger charge is -2.26. The minimum Gasteiger partial charge on any atom is -0.326 e. The van der Waals surface area contributed by atoms with E-state index >= 15 is 0 Å². The lowest BCUT2D eigenvalue weighted by Crippen LogP contribution is -2.30. The van der Waals surface area contributed by atoms with Gasteiger partial charge in [0.25, 0.3) is 0 Å². The van der Waals surface area contributed by atoms with Crippen molar-refractivity contribution in [3.05, 3.63) is 30.3 Å². The van der Waals surface area contributed by atoms with Crippen LogP contribution in [-0.2, 0) is 4.79 Å². The Labute approximate surface area is 91.7 Å². The molecule has 82 valence electrons. The Morgan fingerprint density at radius 3 is 2.20 bits per heavy atom. The molecule has 1 unspecified atom stereocenters. The third-order valence-electron chi connectivity index (χ3n) is 2.73. The molecule has 1 rings (SSSR count). The third kappa shape index (κ3) is 3.39. The summed E-state index contributed by atoms with van der Waals surface area (Å²) in [6, 6.07) is 9.55. The summed E-state index contributed by atoms with van der Waals surface area (Å²) < 4.78 is 0. The molecule has 0 spiro atoms. The van der Waals surface area contributed by atoms with E-state index in [2.05, 4.69) is 26.1 Å². The van der Waals surface area contributed by atoms with Gasteiger partial charge in [-0.05, 0) is 17.5 Å². The number of anilines is 1. The van der Waals surface area contributed by atoms with Crippen molar-refractivity contribution in [2.24, 2.45) is 11.3 Å². The first kappa shape index (κ1) is 11.8. The Morgan fingerprint density at radius 1 is 1.20 bits per heavy atom. The molecule has 1 atom stereocenters. The fourth-order valence-corrected chi connectivity index (χ4v) is 1.17. The molecule has 0 bridgehead atoms. The van der Waals surface area contributed by atoms with E-state index in [9.17, 15) is 4.79 Å². The van der Waals surface area contributed by atoms with Crippen LogP contribution in [0.1, 0.15) is 27.7 Å². The van der Waals surface area contributed by atoms with Crippen molar-refractivity contribution in [2.75, 3.05) is 5.32 Å². The van der Waals surface area contributed by atoms with Crippen molar-refractivity contribution in [1.29, 1.82) is 0 Å². The van der Waals surface area contributed by atoms with Crippen LogP contribution in [0.4, 0.5) is 5.69 Å². The number of carbonyl (C=O) groups excluding carboxylic acids is 1. The second-order valence-electron chi connectivity index (χ2n) is 4.94.